The van der Waals surface area contributed by atoms with Crippen LogP contribution in [-0.4, -0.2) is 41.1 Å². The zero-order chi connectivity index (χ0) is 13.1. The number of nitrogens with one attached hydrogen (secondary N) is 1. The predicted molar refractivity (Wildman–Crippen MR) is 71.2 cm³/mol. The lowest BCUT2D eigenvalue weighted by Crippen LogP contribution is -2.43. The lowest BCUT2D eigenvalue weighted by Gasteiger charge is -2.36. The average molecular weight is 241 g/mol. The van der Waals surface area contributed by atoms with Crippen LogP contribution in [0.5, 0.6) is 0 Å². The van der Waals surface area contributed by atoms with Crippen molar-refractivity contribution >= 4 is 5.84 Å². The van der Waals surface area contributed by atoms with Crippen molar-refractivity contribution < 1.29 is 5.11 Å². The van der Waals surface area contributed by atoms with Crippen LogP contribution < -0.4 is 5.73 Å². The van der Waals surface area contributed by atoms with Crippen LogP contribution in [0.2, 0.25) is 0 Å². The number of amidine groups is 1. The number of piperidine rings is 1. The van der Waals surface area contributed by atoms with E-state index in [-0.39, 0.29) is 11.3 Å². The summed E-state index contributed by atoms with van der Waals surface area (Å²) in [7, 11) is 0. The van der Waals surface area contributed by atoms with Gasteiger partial charge >= 0.3 is 0 Å². The highest BCUT2D eigenvalue weighted by Crippen LogP contribution is 2.24. The van der Waals surface area contributed by atoms with Crippen LogP contribution in [0.3, 0.4) is 0 Å². The molecule has 1 aliphatic rings. The molecule has 4 N–H and O–H groups in total. The second-order valence-corrected chi connectivity index (χ2v) is 6.24. The molecule has 1 rings (SSSR count). The van der Waals surface area contributed by atoms with Gasteiger partial charge in [-0.25, -0.2) is 0 Å². The predicted octanol–water partition coefficient (Wildman–Crippen LogP) is 1.58. The Kier molecular flexibility index (Phi) is 4.55. The van der Waals surface area contributed by atoms with Crippen molar-refractivity contribution in [1.82, 2.24) is 4.90 Å². The van der Waals surface area contributed by atoms with Gasteiger partial charge < -0.3 is 15.7 Å². The van der Waals surface area contributed by atoms with Gasteiger partial charge in [0.2, 0.25) is 0 Å². The van der Waals surface area contributed by atoms with E-state index < -0.39 is 5.60 Å². The molecule has 0 unspecified atom stereocenters. The molecule has 17 heavy (non-hydrogen) atoms. The van der Waals surface area contributed by atoms with Gasteiger partial charge in [-0.3, -0.25) is 5.41 Å². The van der Waals surface area contributed by atoms with Crippen molar-refractivity contribution in [2.24, 2.45) is 11.1 Å². The molecule has 0 amide bonds. The zero-order valence-corrected chi connectivity index (χ0v) is 11.4. The van der Waals surface area contributed by atoms with Gasteiger partial charge in [-0.1, -0.05) is 13.8 Å². The fraction of sp³-hybridized carbons (Fsp3) is 0.923. The maximum absolute atomic E-state index is 9.85. The number of aliphatic hydroxyl groups is 1. The number of hydrogen-bond donors (Lipinski definition) is 3. The average Bonchev–Trinajstić information content (AvgIpc) is 2.20. The number of rotatable bonds is 5. The van der Waals surface area contributed by atoms with Gasteiger partial charge in [-0.2, -0.15) is 0 Å². The SMILES string of the molecule is CC1(O)CCN(CCCC(C)(C)C(=N)N)CC1. The summed E-state index contributed by atoms with van der Waals surface area (Å²) in [5.41, 5.74) is 4.92. The molecule has 0 bridgehead atoms. The third-order valence-electron chi connectivity index (χ3n) is 3.94. The largest absolute Gasteiger partial charge is 0.390 e. The van der Waals surface area contributed by atoms with Crippen LogP contribution in [0.25, 0.3) is 0 Å². The standard InChI is InChI=1S/C13H27N3O/c1-12(2,11(14)15)5-4-8-16-9-6-13(3,17)7-10-16/h17H,4-10H2,1-3H3,(H3,14,15). The van der Waals surface area contributed by atoms with E-state index in [0.717, 1.165) is 45.3 Å². The fourth-order valence-corrected chi connectivity index (χ4v) is 2.14. The molecule has 0 radical (unpaired) electrons. The molecule has 0 aromatic heterocycles. The lowest BCUT2D eigenvalue weighted by atomic mass is 9.86. The minimum absolute atomic E-state index is 0.179. The monoisotopic (exact) mass is 241 g/mol. The minimum Gasteiger partial charge on any atom is -0.390 e. The molecule has 100 valence electrons. The molecule has 0 spiro atoms. The van der Waals surface area contributed by atoms with E-state index in [0.29, 0.717) is 0 Å². The molecule has 0 saturated carbocycles. The van der Waals surface area contributed by atoms with E-state index in [1.54, 1.807) is 0 Å². The second kappa shape index (κ2) is 5.36. The zero-order valence-electron chi connectivity index (χ0n) is 11.4. The molecule has 1 saturated heterocycles. The first-order valence-electron chi connectivity index (χ1n) is 6.52. The van der Waals surface area contributed by atoms with E-state index in [2.05, 4.69) is 4.90 Å². The van der Waals surface area contributed by atoms with E-state index >= 15 is 0 Å². The fourth-order valence-electron chi connectivity index (χ4n) is 2.14. The molecule has 0 aromatic rings. The van der Waals surface area contributed by atoms with Crippen molar-refractivity contribution in [2.75, 3.05) is 19.6 Å². The summed E-state index contributed by atoms with van der Waals surface area (Å²) in [5.74, 6) is 0.277. The quantitative estimate of drug-likeness (QED) is 0.505. The summed E-state index contributed by atoms with van der Waals surface area (Å²) >= 11 is 0. The summed E-state index contributed by atoms with van der Waals surface area (Å²) in [6.45, 7) is 8.98. The smallest absolute Gasteiger partial charge is 0.0963 e. The Bertz CT molecular complexity index is 264. The summed E-state index contributed by atoms with van der Waals surface area (Å²) in [4.78, 5) is 2.40. The van der Waals surface area contributed by atoms with Crippen LogP contribution in [-0.2, 0) is 0 Å². The molecular weight excluding hydrogens is 214 g/mol. The molecule has 1 fully saturated rings. The summed E-state index contributed by atoms with van der Waals surface area (Å²) in [6, 6.07) is 0. The van der Waals surface area contributed by atoms with Crippen molar-refractivity contribution in [3.05, 3.63) is 0 Å². The van der Waals surface area contributed by atoms with Crippen molar-refractivity contribution in [3.8, 4) is 0 Å². The molecule has 0 aliphatic carbocycles. The topological polar surface area (TPSA) is 73.3 Å². The Morgan fingerprint density at radius 1 is 1.41 bits per heavy atom. The molecular formula is C13H27N3O. The molecule has 4 nitrogen and oxygen atoms in total. The first-order chi connectivity index (χ1) is 7.73. The van der Waals surface area contributed by atoms with Gasteiger partial charge in [0.25, 0.3) is 0 Å². The third-order valence-corrected chi connectivity index (χ3v) is 3.94. The Morgan fingerprint density at radius 2 is 1.94 bits per heavy atom. The molecule has 0 aromatic carbocycles. The number of hydrogen-bond acceptors (Lipinski definition) is 3. The highest BCUT2D eigenvalue weighted by molar-refractivity contribution is 5.82. The van der Waals surface area contributed by atoms with Gasteiger partial charge in [0.05, 0.1) is 11.4 Å². The van der Waals surface area contributed by atoms with Crippen molar-refractivity contribution in [3.63, 3.8) is 0 Å². The van der Waals surface area contributed by atoms with Gasteiger partial charge in [0, 0.05) is 18.5 Å². The van der Waals surface area contributed by atoms with E-state index in [9.17, 15) is 5.11 Å². The first kappa shape index (κ1) is 14.5. The maximum Gasteiger partial charge on any atom is 0.0963 e. The van der Waals surface area contributed by atoms with Gasteiger partial charge in [0.1, 0.15) is 0 Å². The Balaban J connectivity index is 2.23. The first-order valence-corrected chi connectivity index (χ1v) is 6.52. The Morgan fingerprint density at radius 3 is 2.41 bits per heavy atom. The van der Waals surface area contributed by atoms with Crippen LogP contribution in [0.15, 0.2) is 0 Å². The van der Waals surface area contributed by atoms with Crippen molar-refractivity contribution in [2.45, 2.75) is 52.1 Å². The Labute approximate surface area is 105 Å². The number of nitrogens with two attached hydrogens (primary N) is 1. The van der Waals surface area contributed by atoms with Crippen LogP contribution in [0, 0.1) is 10.8 Å². The Hall–Kier alpha value is -0.610. The normalized spacial score (nSPS) is 21.4. The molecule has 1 aliphatic heterocycles. The summed E-state index contributed by atoms with van der Waals surface area (Å²) < 4.78 is 0. The van der Waals surface area contributed by atoms with Gasteiger partial charge in [-0.15, -0.1) is 0 Å². The second-order valence-electron chi connectivity index (χ2n) is 6.24. The maximum atomic E-state index is 9.85. The van der Waals surface area contributed by atoms with Gasteiger partial charge in [0.15, 0.2) is 0 Å². The summed E-state index contributed by atoms with van der Waals surface area (Å²) in [6.07, 6.45) is 3.75. The lowest BCUT2D eigenvalue weighted by molar-refractivity contribution is -0.00582. The van der Waals surface area contributed by atoms with E-state index in [1.807, 2.05) is 20.8 Å². The van der Waals surface area contributed by atoms with Gasteiger partial charge in [-0.05, 0) is 39.2 Å². The summed E-state index contributed by atoms with van der Waals surface area (Å²) in [5, 5.41) is 17.4. The third kappa shape index (κ3) is 4.64. The van der Waals surface area contributed by atoms with Crippen LogP contribution in [0.1, 0.15) is 46.5 Å². The highest BCUT2D eigenvalue weighted by Gasteiger charge is 2.27. The number of nitrogens with zero attached hydrogens (tertiary/aromatic N) is 1. The highest BCUT2D eigenvalue weighted by atomic mass is 16.3. The minimum atomic E-state index is -0.463. The number of likely N-dealkylation sites (tertiary alicyclic amines) is 1. The van der Waals surface area contributed by atoms with E-state index in [1.165, 1.54) is 0 Å². The van der Waals surface area contributed by atoms with Crippen LogP contribution in [0.4, 0.5) is 0 Å². The van der Waals surface area contributed by atoms with E-state index in [4.69, 9.17) is 11.1 Å². The molecule has 4 heteroatoms. The molecule has 0 atom stereocenters. The van der Waals surface area contributed by atoms with Crippen LogP contribution >= 0.6 is 0 Å². The van der Waals surface area contributed by atoms with Crippen molar-refractivity contribution in [1.29, 1.82) is 5.41 Å². The molecule has 1 heterocycles.